The Balaban J connectivity index is 1.26. The van der Waals surface area contributed by atoms with Crippen molar-refractivity contribution in [2.45, 2.75) is 44.1 Å². The van der Waals surface area contributed by atoms with Crippen molar-refractivity contribution >= 4 is 6.03 Å². The predicted molar refractivity (Wildman–Crippen MR) is 105 cm³/mol. The fourth-order valence-corrected chi connectivity index (χ4v) is 3.42. The number of methoxy groups -OCH3 is 1. The Bertz CT molecular complexity index is 679. The summed E-state index contributed by atoms with van der Waals surface area (Å²) in [6, 6.07) is 18.9. The standard InChI is InChI=1S/C22H28N2O2/c1-26-21-12-10-18(11-13-21)19-15-20(16-19)24-22(25)23-14-6-5-9-17-7-3-2-4-8-17/h2-4,7-8,10-13,19-20H,5-6,9,14-16H2,1H3,(H2,23,24,25). The molecule has 1 aliphatic carbocycles. The Morgan fingerprint density at radius 2 is 1.77 bits per heavy atom. The lowest BCUT2D eigenvalue weighted by molar-refractivity contribution is 0.222. The highest BCUT2D eigenvalue weighted by atomic mass is 16.5. The number of rotatable bonds is 8. The van der Waals surface area contributed by atoms with E-state index < -0.39 is 0 Å². The molecule has 2 aromatic carbocycles. The van der Waals surface area contributed by atoms with Crippen LogP contribution in [0.2, 0.25) is 0 Å². The molecule has 1 saturated carbocycles. The van der Waals surface area contributed by atoms with Crippen LogP contribution in [0.25, 0.3) is 0 Å². The maximum absolute atomic E-state index is 12.0. The summed E-state index contributed by atoms with van der Waals surface area (Å²) in [5.74, 6) is 1.42. The van der Waals surface area contributed by atoms with Crippen molar-refractivity contribution in [3.63, 3.8) is 0 Å². The molecular formula is C22H28N2O2. The molecule has 2 amide bonds. The molecular weight excluding hydrogens is 324 g/mol. The van der Waals surface area contributed by atoms with Crippen molar-refractivity contribution in [3.8, 4) is 5.75 Å². The molecule has 0 spiro atoms. The van der Waals surface area contributed by atoms with Gasteiger partial charge in [-0.1, -0.05) is 42.5 Å². The molecule has 1 fully saturated rings. The summed E-state index contributed by atoms with van der Waals surface area (Å²) >= 11 is 0. The summed E-state index contributed by atoms with van der Waals surface area (Å²) in [5.41, 5.74) is 2.68. The lowest BCUT2D eigenvalue weighted by Crippen LogP contribution is -2.47. The van der Waals surface area contributed by atoms with E-state index in [9.17, 15) is 4.79 Å². The average Bonchev–Trinajstić information content (AvgIpc) is 2.65. The van der Waals surface area contributed by atoms with Crippen molar-refractivity contribution < 1.29 is 9.53 Å². The van der Waals surface area contributed by atoms with Gasteiger partial charge in [0.1, 0.15) is 5.75 Å². The first-order valence-electron chi connectivity index (χ1n) is 9.47. The summed E-state index contributed by atoms with van der Waals surface area (Å²) in [6.07, 6.45) is 5.17. The molecule has 3 rings (SSSR count). The van der Waals surface area contributed by atoms with E-state index >= 15 is 0 Å². The number of urea groups is 1. The molecule has 0 aromatic heterocycles. The van der Waals surface area contributed by atoms with Crippen LogP contribution in [0.5, 0.6) is 5.75 Å². The third-order valence-corrected chi connectivity index (χ3v) is 5.08. The Kier molecular flexibility index (Phi) is 6.53. The van der Waals surface area contributed by atoms with E-state index in [1.165, 1.54) is 11.1 Å². The lowest BCUT2D eigenvalue weighted by Gasteiger charge is -2.36. The van der Waals surface area contributed by atoms with Gasteiger partial charge in [-0.05, 0) is 61.3 Å². The minimum Gasteiger partial charge on any atom is -0.497 e. The van der Waals surface area contributed by atoms with Crippen LogP contribution in [0.1, 0.15) is 42.7 Å². The number of hydrogen-bond acceptors (Lipinski definition) is 2. The van der Waals surface area contributed by atoms with E-state index in [0.717, 1.165) is 44.4 Å². The third kappa shape index (κ3) is 5.25. The number of hydrogen-bond donors (Lipinski definition) is 2. The number of unbranched alkanes of at least 4 members (excludes halogenated alkanes) is 1. The minimum absolute atomic E-state index is 0.0390. The largest absolute Gasteiger partial charge is 0.497 e. The monoisotopic (exact) mass is 352 g/mol. The molecule has 2 aromatic rings. The van der Waals surface area contributed by atoms with Crippen LogP contribution in [-0.2, 0) is 6.42 Å². The maximum Gasteiger partial charge on any atom is 0.315 e. The highest BCUT2D eigenvalue weighted by Crippen LogP contribution is 2.37. The van der Waals surface area contributed by atoms with Crippen molar-refractivity contribution in [3.05, 3.63) is 65.7 Å². The molecule has 0 heterocycles. The summed E-state index contributed by atoms with van der Waals surface area (Å²) < 4.78 is 5.19. The first kappa shape index (κ1) is 18.3. The Labute approximate surface area is 156 Å². The second kappa shape index (κ2) is 9.27. The van der Waals surface area contributed by atoms with Gasteiger partial charge in [-0.15, -0.1) is 0 Å². The Hall–Kier alpha value is -2.49. The van der Waals surface area contributed by atoms with Gasteiger partial charge in [-0.2, -0.15) is 0 Å². The predicted octanol–water partition coefficient (Wildman–Crippen LogP) is 4.26. The minimum atomic E-state index is -0.0390. The molecule has 4 heteroatoms. The van der Waals surface area contributed by atoms with Gasteiger partial charge in [0.15, 0.2) is 0 Å². The lowest BCUT2D eigenvalue weighted by atomic mass is 9.76. The van der Waals surface area contributed by atoms with E-state index in [1.807, 2.05) is 18.2 Å². The molecule has 26 heavy (non-hydrogen) atoms. The van der Waals surface area contributed by atoms with Crippen LogP contribution in [-0.4, -0.2) is 25.7 Å². The normalized spacial score (nSPS) is 18.7. The molecule has 4 nitrogen and oxygen atoms in total. The second-order valence-electron chi connectivity index (χ2n) is 6.98. The van der Waals surface area contributed by atoms with Crippen LogP contribution >= 0.6 is 0 Å². The van der Waals surface area contributed by atoms with E-state index in [4.69, 9.17) is 4.74 Å². The highest BCUT2D eigenvalue weighted by Gasteiger charge is 2.31. The Morgan fingerprint density at radius 3 is 2.46 bits per heavy atom. The smallest absolute Gasteiger partial charge is 0.315 e. The van der Waals surface area contributed by atoms with Gasteiger partial charge in [-0.3, -0.25) is 0 Å². The zero-order valence-corrected chi connectivity index (χ0v) is 15.4. The molecule has 0 atom stereocenters. The van der Waals surface area contributed by atoms with Gasteiger partial charge in [0, 0.05) is 12.6 Å². The number of carbonyl (C=O) groups is 1. The third-order valence-electron chi connectivity index (χ3n) is 5.08. The number of aryl methyl sites for hydroxylation is 1. The van der Waals surface area contributed by atoms with Gasteiger partial charge in [0.05, 0.1) is 7.11 Å². The molecule has 0 unspecified atom stereocenters. The molecule has 0 saturated heterocycles. The van der Waals surface area contributed by atoms with Crippen LogP contribution < -0.4 is 15.4 Å². The van der Waals surface area contributed by atoms with Gasteiger partial charge in [0.2, 0.25) is 0 Å². The van der Waals surface area contributed by atoms with Gasteiger partial charge < -0.3 is 15.4 Å². The number of carbonyl (C=O) groups excluding carboxylic acids is 1. The fraction of sp³-hybridized carbons (Fsp3) is 0.409. The first-order valence-corrected chi connectivity index (χ1v) is 9.47. The van der Waals surface area contributed by atoms with Crippen molar-refractivity contribution in [2.24, 2.45) is 0 Å². The summed E-state index contributed by atoms with van der Waals surface area (Å²) in [4.78, 5) is 12.0. The van der Waals surface area contributed by atoms with Crippen LogP contribution in [0.15, 0.2) is 54.6 Å². The highest BCUT2D eigenvalue weighted by molar-refractivity contribution is 5.74. The molecule has 0 radical (unpaired) electrons. The number of benzene rings is 2. The number of nitrogens with one attached hydrogen (secondary N) is 2. The molecule has 1 aliphatic rings. The van der Waals surface area contributed by atoms with Crippen molar-refractivity contribution in [1.82, 2.24) is 10.6 Å². The fourth-order valence-electron chi connectivity index (χ4n) is 3.42. The van der Waals surface area contributed by atoms with Crippen molar-refractivity contribution in [1.29, 1.82) is 0 Å². The zero-order chi connectivity index (χ0) is 18.2. The van der Waals surface area contributed by atoms with Crippen LogP contribution in [0.3, 0.4) is 0 Å². The second-order valence-corrected chi connectivity index (χ2v) is 6.98. The summed E-state index contributed by atoms with van der Waals surface area (Å²) in [7, 11) is 1.68. The summed E-state index contributed by atoms with van der Waals surface area (Å²) in [5, 5.41) is 6.04. The zero-order valence-electron chi connectivity index (χ0n) is 15.4. The topological polar surface area (TPSA) is 50.4 Å². The van der Waals surface area contributed by atoms with E-state index in [0.29, 0.717) is 5.92 Å². The van der Waals surface area contributed by atoms with E-state index in [1.54, 1.807) is 7.11 Å². The molecule has 0 aliphatic heterocycles. The number of amides is 2. The van der Waals surface area contributed by atoms with Gasteiger partial charge in [-0.25, -0.2) is 4.79 Å². The van der Waals surface area contributed by atoms with Crippen LogP contribution in [0, 0.1) is 0 Å². The maximum atomic E-state index is 12.0. The Morgan fingerprint density at radius 1 is 1.04 bits per heavy atom. The summed E-state index contributed by atoms with van der Waals surface area (Å²) in [6.45, 7) is 0.729. The molecule has 138 valence electrons. The first-order chi connectivity index (χ1) is 12.7. The van der Waals surface area contributed by atoms with Gasteiger partial charge >= 0.3 is 6.03 Å². The molecule has 2 N–H and O–H groups in total. The van der Waals surface area contributed by atoms with Crippen LogP contribution in [0.4, 0.5) is 4.79 Å². The SMILES string of the molecule is COc1ccc(C2CC(NC(=O)NCCCCc3ccccc3)C2)cc1. The average molecular weight is 352 g/mol. The van der Waals surface area contributed by atoms with E-state index in [-0.39, 0.29) is 12.1 Å². The number of ether oxygens (including phenoxy) is 1. The quantitative estimate of drug-likeness (QED) is 0.697. The van der Waals surface area contributed by atoms with Gasteiger partial charge in [0.25, 0.3) is 0 Å². The van der Waals surface area contributed by atoms with Crippen molar-refractivity contribution in [2.75, 3.05) is 13.7 Å². The molecule has 0 bridgehead atoms. The van der Waals surface area contributed by atoms with E-state index in [2.05, 4.69) is 47.0 Å².